The van der Waals surface area contributed by atoms with E-state index in [1.165, 1.54) is 19.1 Å². The molecular formula is C13H17F3N2O. The number of rotatable bonds is 4. The van der Waals surface area contributed by atoms with Gasteiger partial charge >= 0.3 is 6.18 Å². The minimum absolute atomic E-state index is 0.0247. The first kappa shape index (κ1) is 15.5. The Hall–Kier alpha value is -1.56. The fraction of sp³-hybridized carbons (Fsp3) is 0.462. The summed E-state index contributed by atoms with van der Waals surface area (Å²) in [5.74, 6) is -0.493. The summed E-state index contributed by atoms with van der Waals surface area (Å²) in [6.07, 6.45) is -4.44. The Labute approximate surface area is 110 Å². The van der Waals surface area contributed by atoms with Crippen molar-refractivity contribution in [2.45, 2.75) is 13.1 Å². The second-order valence-corrected chi connectivity index (χ2v) is 4.59. The number of nitrogens with one attached hydrogen (secondary N) is 1. The van der Waals surface area contributed by atoms with Gasteiger partial charge in [0.05, 0.1) is 5.56 Å². The van der Waals surface area contributed by atoms with Gasteiger partial charge in [0.15, 0.2) is 0 Å². The van der Waals surface area contributed by atoms with E-state index in [2.05, 4.69) is 5.32 Å². The number of benzene rings is 1. The van der Waals surface area contributed by atoms with Crippen LogP contribution in [0.25, 0.3) is 0 Å². The molecule has 1 aromatic carbocycles. The molecule has 0 atom stereocenters. The molecule has 6 heteroatoms. The Bertz CT molecular complexity index is 456. The molecule has 0 saturated carbocycles. The van der Waals surface area contributed by atoms with E-state index in [0.717, 1.165) is 6.07 Å². The molecule has 1 N–H and O–H groups in total. The Kier molecular flexibility index (Phi) is 4.94. The van der Waals surface area contributed by atoms with Crippen LogP contribution in [-0.2, 0) is 6.18 Å². The summed E-state index contributed by atoms with van der Waals surface area (Å²) in [6.45, 7) is 2.39. The summed E-state index contributed by atoms with van der Waals surface area (Å²) in [6, 6.07) is 3.60. The number of carbonyl (C=O) groups is 1. The highest BCUT2D eigenvalue weighted by Gasteiger charge is 2.32. The van der Waals surface area contributed by atoms with Crippen LogP contribution < -0.4 is 5.32 Å². The molecule has 1 rings (SSSR count). The molecule has 0 spiro atoms. The zero-order valence-electron chi connectivity index (χ0n) is 11.1. The third-order valence-electron chi connectivity index (χ3n) is 2.65. The van der Waals surface area contributed by atoms with Crippen LogP contribution >= 0.6 is 0 Å². The van der Waals surface area contributed by atoms with Crippen LogP contribution in [0.5, 0.6) is 0 Å². The van der Waals surface area contributed by atoms with Crippen molar-refractivity contribution in [3.8, 4) is 0 Å². The maximum atomic E-state index is 12.7. The van der Waals surface area contributed by atoms with E-state index >= 15 is 0 Å². The second kappa shape index (κ2) is 6.06. The number of carbonyl (C=O) groups excluding carboxylic acids is 1. The molecule has 0 fully saturated rings. The Morgan fingerprint density at radius 1 is 1.32 bits per heavy atom. The highest BCUT2D eigenvalue weighted by Crippen LogP contribution is 2.32. The summed E-state index contributed by atoms with van der Waals surface area (Å²) in [5, 5.41) is 2.58. The predicted octanol–water partition coefficient (Wildman–Crippen LogP) is 2.31. The van der Waals surface area contributed by atoms with E-state index in [1.54, 1.807) is 0 Å². The molecule has 0 aromatic heterocycles. The molecule has 1 aromatic rings. The van der Waals surface area contributed by atoms with Gasteiger partial charge in [-0.1, -0.05) is 6.07 Å². The van der Waals surface area contributed by atoms with Gasteiger partial charge in [0, 0.05) is 18.7 Å². The maximum Gasteiger partial charge on any atom is 0.416 e. The fourth-order valence-corrected chi connectivity index (χ4v) is 1.56. The highest BCUT2D eigenvalue weighted by molar-refractivity contribution is 5.94. The number of amides is 1. The maximum absolute atomic E-state index is 12.7. The van der Waals surface area contributed by atoms with Gasteiger partial charge in [-0.15, -0.1) is 0 Å². The lowest BCUT2D eigenvalue weighted by Crippen LogP contribution is -2.31. The van der Waals surface area contributed by atoms with Crippen LogP contribution in [0, 0.1) is 6.92 Å². The molecule has 1 amide bonds. The summed E-state index contributed by atoms with van der Waals surface area (Å²) >= 11 is 0. The first-order valence-electron chi connectivity index (χ1n) is 5.82. The number of alkyl halides is 3. The van der Waals surface area contributed by atoms with Crippen molar-refractivity contribution in [1.82, 2.24) is 10.2 Å². The van der Waals surface area contributed by atoms with Crippen LogP contribution in [0.15, 0.2) is 18.2 Å². The van der Waals surface area contributed by atoms with Gasteiger partial charge in [-0.2, -0.15) is 13.2 Å². The molecule has 0 aliphatic heterocycles. The zero-order valence-corrected chi connectivity index (χ0v) is 11.1. The van der Waals surface area contributed by atoms with Crippen LogP contribution in [0.3, 0.4) is 0 Å². The SMILES string of the molecule is Cc1ccc(C(=O)NCCN(C)C)cc1C(F)(F)F. The summed E-state index contributed by atoms with van der Waals surface area (Å²) in [4.78, 5) is 13.6. The number of likely N-dealkylation sites (N-methyl/N-ethyl adjacent to an activating group) is 1. The van der Waals surface area contributed by atoms with E-state index in [0.29, 0.717) is 13.1 Å². The monoisotopic (exact) mass is 274 g/mol. The van der Waals surface area contributed by atoms with E-state index < -0.39 is 17.6 Å². The topological polar surface area (TPSA) is 32.3 Å². The lowest BCUT2D eigenvalue weighted by molar-refractivity contribution is -0.138. The number of hydrogen-bond acceptors (Lipinski definition) is 2. The quantitative estimate of drug-likeness (QED) is 0.913. The molecule has 0 aliphatic rings. The average molecular weight is 274 g/mol. The van der Waals surface area contributed by atoms with Crippen LogP contribution in [0.4, 0.5) is 13.2 Å². The van der Waals surface area contributed by atoms with Crippen molar-refractivity contribution in [1.29, 1.82) is 0 Å². The van der Waals surface area contributed by atoms with E-state index in [1.807, 2.05) is 19.0 Å². The van der Waals surface area contributed by atoms with Crippen molar-refractivity contribution in [3.63, 3.8) is 0 Å². The van der Waals surface area contributed by atoms with Crippen molar-refractivity contribution in [2.24, 2.45) is 0 Å². The van der Waals surface area contributed by atoms with E-state index in [-0.39, 0.29) is 11.1 Å². The predicted molar refractivity (Wildman–Crippen MR) is 67.1 cm³/mol. The molecule has 19 heavy (non-hydrogen) atoms. The van der Waals surface area contributed by atoms with Gasteiger partial charge in [-0.25, -0.2) is 0 Å². The number of hydrogen-bond donors (Lipinski definition) is 1. The largest absolute Gasteiger partial charge is 0.416 e. The normalized spacial score (nSPS) is 11.7. The molecule has 0 heterocycles. The minimum atomic E-state index is -4.44. The van der Waals surface area contributed by atoms with Crippen molar-refractivity contribution in [2.75, 3.05) is 27.2 Å². The van der Waals surface area contributed by atoms with Gasteiger partial charge < -0.3 is 10.2 Å². The van der Waals surface area contributed by atoms with Crippen LogP contribution in [0.2, 0.25) is 0 Å². The van der Waals surface area contributed by atoms with Crippen molar-refractivity contribution in [3.05, 3.63) is 34.9 Å². The minimum Gasteiger partial charge on any atom is -0.351 e. The third kappa shape index (κ3) is 4.55. The second-order valence-electron chi connectivity index (χ2n) is 4.59. The first-order chi connectivity index (χ1) is 8.71. The molecule has 3 nitrogen and oxygen atoms in total. The van der Waals surface area contributed by atoms with Gasteiger partial charge in [-0.3, -0.25) is 4.79 Å². The van der Waals surface area contributed by atoms with Gasteiger partial charge in [0.25, 0.3) is 5.91 Å². The molecule has 0 radical (unpaired) electrons. The molecule has 0 aliphatic carbocycles. The standard InChI is InChI=1S/C13H17F3N2O/c1-9-4-5-10(8-11(9)13(14,15)16)12(19)17-6-7-18(2)3/h4-5,8H,6-7H2,1-3H3,(H,17,19). The zero-order chi connectivity index (χ0) is 14.6. The first-order valence-corrected chi connectivity index (χ1v) is 5.82. The molecule has 0 saturated heterocycles. The average Bonchev–Trinajstić information content (AvgIpc) is 2.27. The van der Waals surface area contributed by atoms with Crippen LogP contribution in [-0.4, -0.2) is 38.0 Å². The third-order valence-corrected chi connectivity index (χ3v) is 2.65. The lowest BCUT2D eigenvalue weighted by atomic mass is 10.0. The highest BCUT2D eigenvalue weighted by atomic mass is 19.4. The number of aryl methyl sites for hydroxylation is 1. The van der Waals surface area contributed by atoms with E-state index in [4.69, 9.17) is 0 Å². The number of nitrogens with zero attached hydrogens (tertiary/aromatic N) is 1. The molecular weight excluding hydrogens is 257 g/mol. The van der Waals surface area contributed by atoms with Gasteiger partial charge in [0.1, 0.15) is 0 Å². The Morgan fingerprint density at radius 2 is 1.95 bits per heavy atom. The summed E-state index contributed by atoms with van der Waals surface area (Å²) < 4.78 is 38.1. The smallest absolute Gasteiger partial charge is 0.351 e. The van der Waals surface area contributed by atoms with Crippen molar-refractivity contribution >= 4 is 5.91 Å². The fourth-order valence-electron chi connectivity index (χ4n) is 1.56. The molecule has 106 valence electrons. The molecule has 0 unspecified atom stereocenters. The van der Waals surface area contributed by atoms with Gasteiger partial charge in [-0.05, 0) is 38.7 Å². The summed E-state index contributed by atoms with van der Waals surface area (Å²) in [7, 11) is 3.69. The summed E-state index contributed by atoms with van der Waals surface area (Å²) in [5.41, 5.74) is -0.637. The molecule has 0 bridgehead atoms. The Morgan fingerprint density at radius 3 is 2.47 bits per heavy atom. The van der Waals surface area contributed by atoms with E-state index in [9.17, 15) is 18.0 Å². The van der Waals surface area contributed by atoms with Crippen LogP contribution in [0.1, 0.15) is 21.5 Å². The lowest BCUT2D eigenvalue weighted by Gasteiger charge is -2.13. The van der Waals surface area contributed by atoms with Crippen molar-refractivity contribution < 1.29 is 18.0 Å². The Balaban J connectivity index is 2.82. The number of halogens is 3. The van der Waals surface area contributed by atoms with Gasteiger partial charge in [0.2, 0.25) is 0 Å².